The second-order valence-electron chi connectivity index (χ2n) is 3.78. The summed E-state index contributed by atoms with van der Waals surface area (Å²) in [5, 5.41) is 19.5. The van der Waals surface area contributed by atoms with Crippen LogP contribution in [0.4, 0.5) is 0 Å². The maximum Gasteiger partial charge on any atom is 0.186 e. The van der Waals surface area contributed by atoms with E-state index in [0.29, 0.717) is 0 Å². The second kappa shape index (κ2) is 4.12. The molecule has 5 nitrogen and oxygen atoms in total. The third-order valence-corrected chi connectivity index (χ3v) is 2.60. The van der Waals surface area contributed by atoms with Crippen LogP contribution >= 0.6 is 0 Å². The van der Waals surface area contributed by atoms with E-state index in [4.69, 9.17) is 14.2 Å². The van der Waals surface area contributed by atoms with Crippen LogP contribution in [0.5, 0.6) is 0 Å². The van der Waals surface area contributed by atoms with E-state index in [-0.39, 0.29) is 0 Å². The largest absolute Gasteiger partial charge is 0.391 e. The first-order valence-corrected chi connectivity index (χ1v) is 4.56. The molecule has 14 heavy (non-hydrogen) atoms. The lowest BCUT2D eigenvalue weighted by Crippen LogP contribution is -2.50. The molecule has 0 aromatic heterocycles. The van der Waals surface area contributed by atoms with Gasteiger partial charge in [-0.3, -0.25) is 0 Å². The summed E-state index contributed by atoms with van der Waals surface area (Å²) in [4.78, 5) is 0. The molecule has 1 aliphatic rings. The van der Waals surface area contributed by atoms with E-state index in [1.165, 1.54) is 14.2 Å². The lowest BCUT2D eigenvalue weighted by molar-refractivity contribution is -0.166. The molecule has 1 heterocycles. The normalized spacial score (nSPS) is 45.4. The van der Waals surface area contributed by atoms with E-state index in [0.717, 1.165) is 0 Å². The molecule has 1 aliphatic heterocycles. The van der Waals surface area contributed by atoms with Gasteiger partial charge in [-0.25, -0.2) is 0 Å². The van der Waals surface area contributed by atoms with E-state index in [1.807, 2.05) is 0 Å². The summed E-state index contributed by atoms with van der Waals surface area (Å²) in [6, 6.07) is 0. The molecule has 5 unspecified atom stereocenters. The summed E-state index contributed by atoms with van der Waals surface area (Å²) >= 11 is 0. The van der Waals surface area contributed by atoms with Crippen LogP contribution in [-0.4, -0.2) is 54.6 Å². The zero-order chi connectivity index (χ0) is 10.9. The van der Waals surface area contributed by atoms with Crippen LogP contribution in [0.2, 0.25) is 0 Å². The fraction of sp³-hybridized carbons (Fsp3) is 1.00. The highest BCUT2D eigenvalue weighted by atomic mass is 16.7. The summed E-state index contributed by atoms with van der Waals surface area (Å²) in [7, 11) is 2.94. The van der Waals surface area contributed by atoms with Gasteiger partial charge < -0.3 is 24.4 Å². The van der Waals surface area contributed by atoms with Crippen molar-refractivity contribution in [1.29, 1.82) is 0 Å². The highest BCUT2D eigenvalue weighted by Crippen LogP contribution is 2.34. The van der Waals surface area contributed by atoms with E-state index < -0.39 is 30.2 Å². The standard InChI is InChI=1S/C9H18O5/c1-5(10)6-9(2,11)7(12-3)8(13-4)14-6/h5-8,10-11H,1-4H3. The van der Waals surface area contributed by atoms with Gasteiger partial charge in [-0.15, -0.1) is 0 Å². The summed E-state index contributed by atoms with van der Waals surface area (Å²) in [6.07, 6.45) is -2.71. The zero-order valence-corrected chi connectivity index (χ0v) is 8.93. The van der Waals surface area contributed by atoms with Crippen LogP contribution in [0, 0.1) is 0 Å². The minimum absolute atomic E-state index is 0.591. The van der Waals surface area contributed by atoms with Gasteiger partial charge in [0.2, 0.25) is 0 Å². The average Bonchev–Trinajstić information content (AvgIpc) is 2.35. The molecule has 84 valence electrons. The molecule has 1 saturated heterocycles. The SMILES string of the molecule is COC1OC(C(C)O)C(C)(O)C1OC. The molecular weight excluding hydrogens is 188 g/mol. The molecule has 0 radical (unpaired) electrons. The lowest BCUT2D eigenvalue weighted by atomic mass is 9.92. The Labute approximate surface area is 83.6 Å². The Morgan fingerprint density at radius 1 is 1.36 bits per heavy atom. The van der Waals surface area contributed by atoms with Crippen LogP contribution in [0.1, 0.15) is 13.8 Å². The maximum absolute atomic E-state index is 10.1. The Hall–Kier alpha value is -0.200. The second-order valence-corrected chi connectivity index (χ2v) is 3.78. The molecule has 0 aromatic carbocycles. The molecule has 0 saturated carbocycles. The van der Waals surface area contributed by atoms with Crippen molar-refractivity contribution in [2.24, 2.45) is 0 Å². The molecule has 5 atom stereocenters. The van der Waals surface area contributed by atoms with Gasteiger partial charge in [0.05, 0.1) is 6.10 Å². The summed E-state index contributed by atoms with van der Waals surface area (Å²) in [6.45, 7) is 3.13. The van der Waals surface area contributed by atoms with E-state index in [2.05, 4.69) is 0 Å². The number of aliphatic hydroxyl groups excluding tert-OH is 1. The Bertz CT molecular complexity index is 188. The van der Waals surface area contributed by atoms with Crippen molar-refractivity contribution in [1.82, 2.24) is 0 Å². The molecule has 1 fully saturated rings. The van der Waals surface area contributed by atoms with Gasteiger partial charge >= 0.3 is 0 Å². The van der Waals surface area contributed by atoms with Crippen molar-refractivity contribution < 1.29 is 24.4 Å². The Morgan fingerprint density at radius 2 is 1.93 bits per heavy atom. The molecule has 0 aliphatic carbocycles. The number of aliphatic hydroxyl groups is 2. The minimum Gasteiger partial charge on any atom is -0.391 e. The van der Waals surface area contributed by atoms with Crippen LogP contribution in [0.25, 0.3) is 0 Å². The topological polar surface area (TPSA) is 68.2 Å². The number of rotatable bonds is 3. The van der Waals surface area contributed by atoms with Crippen LogP contribution in [-0.2, 0) is 14.2 Å². The smallest absolute Gasteiger partial charge is 0.186 e. The Kier molecular flexibility index (Phi) is 3.49. The molecule has 0 amide bonds. The van der Waals surface area contributed by atoms with E-state index in [9.17, 15) is 10.2 Å². The van der Waals surface area contributed by atoms with Crippen LogP contribution in [0.15, 0.2) is 0 Å². The first-order valence-electron chi connectivity index (χ1n) is 4.56. The third-order valence-electron chi connectivity index (χ3n) is 2.60. The molecule has 0 aromatic rings. The number of methoxy groups -OCH3 is 2. The Morgan fingerprint density at radius 3 is 2.21 bits per heavy atom. The van der Waals surface area contributed by atoms with Gasteiger partial charge in [0.25, 0.3) is 0 Å². The first-order chi connectivity index (χ1) is 6.45. The van der Waals surface area contributed by atoms with Crippen molar-refractivity contribution in [2.45, 2.75) is 44.1 Å². The highest BCUT2D eigenvalue weighted by Gasteiger charge is 2.55. The predicted octanol–water partition coefficient (Wildman–Crippen LogP) is -0.496. The van der Waals surface area contributed by atoms with E-state index in [1.54, 1.807) is 13.8 Å². The monoisotopic (exact) mass is 206 g/mol. The summed E-state index contributed by atoms with van der Waals surface area (Å²) in [5.74, 6) is 0. The quantitative estimate of drug-likeness (QED) is 0.652. The Balaban J connectivity index is 2.85. The molecule has 2 N–H and O–H groups in total. The molecular formula is C9H18O5. The first kappa shape index (κ1) is 11.9. The minimum atomic E-state index is -1.25. The molecule has 0 bridgehead atoms. The van der Waals surface area contributed by atoms with E-state index >= 15 is 0 Å². The number of hydrogen-bond acceptors (Lipinski definition) is 5. The van der Waals surface area contributed by atoms with Crippen LogP contribution in [0.3, 0.4) is 0 Å². The predicted molar refractivity (Wildman–Crippen MR) is 48.8 cm³/mol. The van der Waals surface area contributed by atoms with Gasteiger partial charge in [-0.05, 0) is 13.8 Å². The van der Waals surface area contributed by atoms with Crippen molar-refractivity contribution >= 4 is 0 Å². The van der Waals surface area contributed by atoms with Gasteiger partial charge in [-0.2, -0.15) is 0 Å². The highest BCUT2D eigenvalue weighted by molar-refractivity contribution is 5.00. The molecule has 5 heteroatoms. The van der Waals surface area contributed by atoms with Gasteiger partial charge in [-0.1, -0.05) is 0 Å². The van der Waals surface area contributed by atoms with Crippen LogP contribution < -0.4 is 0 Å². The summed E-state index contributed by atoms with van der Waals surface area (Å²) in [5.41, 5.74) is -1.25. The van der Waals surface area contributed by atoms with Crippen molar-refractivity contribution in [3.05, 3.63) is 0 Å². The number of hydrogen-bond donors (Lipinski definition) is 2. The fourth-order valence-electron chi connectivity index (χ4n) is 1.92. The van der Waals surface area contributed by atoms with Crippen molar-refractivity contribution in [2.75, 3.05) is 14.2 Å². The lowest BCUT2D eigenvalue weighted by Gasteiger charge is -2.29. The third kappa shape index (κ3) is 1.78. The molecule has 1 rings (SSSR count). The average molecular weight is 206 g/mol. The van der Waals surface area contributed by atoms with Crippen molar-refractivity contribution in [3.8, 4) is 0 Å². The fourth-order valence-corrected chi connectivity index (χ4v) is 1.92. The van der Waals surface area contributed by atoms with Gasteiger partial charge in [0.15, 0.2) is 6.29 Å². The van der Waals surface area contributed by atoms with Crippen molar-refractivity contribution in [3.63, 3.8) is 0 Å². The maximum atomic E-state index is 10.1. The van der Waals surface area contributed by atoms with Gasteiger partial charge in [0.1, 0.15) is 17.8 Å². The zero-order valence-electron chi connectivity index (χ0n) is 8.93. The van der Waals surface area contributed by atoms with Gasteiger partial charge in [0, 0.05) is 14.2 Å². The number of ether oxygens (including phenoxy) is 3. The summed E-state index contributed by atoms with van der Waals surface area (Å²) < 4.78 is 15.5. The molecule has 0 spiro atoms.